The van der Waals surface area contributed by atoms with E-state index >= 15 is 0 Å². The molecule has 0 heterocycles. The van der Waals surface area contributed by atoms with Crippen LogP contribution in [0.1, 0.15) is 16.7 Å². The van der Waals surface area contributed by atoms with E-state index in [2.05, 4.69) is 11.4 Å². The number of rotatable bonds is 7. The zero-order valence-electron chi connectivity index (χ0n) is 14.3. The number of carbonyl (C=O) groups is 1. The van der Waals surface area contributed by atoms with Crippen LogP contribution >= 0.6 is 0 Å². The lowest BCUT2D eigenvalue weighted by Gasteiger charge is -2.08. The molecule has 1 N–H and O–H groups in total. The van der Waals surface area contributed by atoms with E-state index in [9.17, 15) is 4.79 Å². The first-order valence-corrected chi connectivity index (χ1v) is 7.88. The molecule has 0 saturated carbocycles. The van der Waals surface area contributed by atoms with E-state index in [4.69, 9.17) is 9.47 Å². The Labute approximate surface area is 143 Å². The number of methoxy groups -OCH3 is 1. The minimum Gasteiger partial charge on any atom is -0.496 e. The Morgan fingerprint density at radius 3 is 2.54 bits per heavy atom. The second-order valence-corrected chi connectivity index (χ2v) is 5.54. The SMILES string of the molecule is COc1ccccc1/C=C/C(=O)NCCOc1cc(C)cc(C)c1. The summed E-state index contributed by atoms with van der Waals surface area (Å²) in [6.45, 7) is 4.94. The van der Waals surface area contributed by atoms with Gasteiger partial charge in [0.25, 0.3) is 0 Å². The van der Waals surface area contributed by atoms with Crippen molar-refractivity contribution in [2.24, 2.45) is 0 Å². The predicted molar refractivity (Wildman–Crippen MR) is 96.4 cm³/mol. The average Bonchev–Trinajstić information content (AvgIpc) is 2.56. The predicted octanol–water partition coefficient (Wildman–Crippen LogP) is 3.52. The summed E-state index contributed by atoms with van der Waals surface area (Å²) in [5.41, 5.74) is 3.18. The molecular formula is C20H23NO3. The molecule has 2 aromatic rings. The van der Waals surface area contributed by atoms with Crippen molar-refractivity contribution in [1.82, 2.24) is 5.32 Å². The highest BCUT2D eigenvalue weighted by Crippen LogP contribution is 2.18. The summed E-state index contributed by atoms with van der Waals surface area (Å²) in [6, 6.07) is 13.6. The molecule has 4 heteroatoms. The number of aryl methyl sites for hydroxylation is 2. The molecule has 24 heavy (non-hydrogen) atoms. The molecule has 0 saturated heterocycles. The fraction of sp³-hybridized carbons (Fsp3) is 0.250. The van der Waals surface area contributed by atoms with Crippen molar-refractivity contribution in [3.63, 3.8) is 0 Å². The van der Waals surface area contributed by atoms with Crippen LogP contribution in [0.5, 0.6) is 11.5 Å². The number of hydrogen-bond acceptors (Lipinski definition) is 3. The molecule has 0 spiro atoms. The zero-order valence-corrected chi connectivity index (χ0v) is 14.3. The van der Waals surface area contributed by atoms with Crippen LogP contribution in [0.25, 0.3) is 6.08 Å². The van der Waals surface area contributed by atoms with Gasteiger partial charge in [-0.05, 0) is 49.2 Å². The molecule has 0 bridgehead atoms. The Morgan fingerprint density at radius 1 is 1.12 bits per heavy atom. The summed E-state index contributed by atoms with van der Waals surface area (Å²) in [5.74, 6) is 1.40. The fourth-order valence-electron chi connectivity index (χ4n) is 2.39. The standard InChI is InChI=1S/C20H23NO3/c1-15-12-16(2)14-18(13-15)24-11-10-21-20(22)9-8-17-6-4-5-7-19(17)23-3/h4-9,12-14H,10-11H2,1-3H3,(H,21,22)/b9-8+. The monoisotopic (exact) mass is 325 g/mol. The second-order valence-electron chi connectivity index (χ2n) is 5.54. The summed E-state index contributed by atoms with van der Waals surface area (Å²) in [7, 11) is 1.61. The van der Waals surface area contributed by atoms with Crippen LogP contribution in [0, 0.1) is 13.8 Å². The van der Waals surface area contributed by atoms with Crippen LogP contribution in [0.2, 0.25) is 0 Å². The van der Waals surface area contributed by atoms with Crippen molar-refractivity contribution in [1.29, 1.82) is 0 Å². The molecule has 0 aliphatic heterocycles. The van der Waals surface area contributed by atoms with Gasteiger partial charge in [0.2, 0.25) is 5.91 Å². The molecule has 1 amide bonds. The maximum Gasteiger partial charge on any atom is 0.244 e. The highest BCUT2D eigenvalue weighted by molar-refractivity contribution is 5.92. The maximum atomic E-state index is 11.8. The first-order chi connectivity index (χ1) is 11.6. The Bertz CT molecular complexity index is 702. The van der Waals surface area contributed by atoms with E-state index in [0.717, 1.165) is 28.2 Å². The normalized spacial score (nSPS) is 10.6. The molecule has 0 aliphatic rings. The van der Waals surface area contributed by atoms with Crippen molar-refractivity contribution in [2.75, 3.05) is 20.3 Å². The third kappa shape index (κ3) is 5.47. The quantitative estimate of drug-likeness (QED) is 0.626. The van der Waals surface area contributed by atoms with Gasteiger partial charge >= 0.3 is 0 Å². The number of amides is 1. The number of ether oxygens (including phenoxy) is 2. The lowest BCUT2D eigenvalue weighted by Crippen LogP contribution is -2.26. The topological polar surface area (TPSA) is 47.6 Å². The molecule has 0 atom stereocenters. The van der Waals surface area contributed by atoms with Crippen LogP contribution in [0.15, 0.2) is 48.5 Å². The third-order valence-corrected chi connectivity index (χ3v) is 3.42. The Hall–Kier alpha value is -2.75. The fourth-order valence-corrected chi connectivity index (χ4v) is 2.39. The highest BCUT2D eigenvalue weighted by atomic mass is 16.5. The number of para-hydroxylation sites is 1. The molecule has 0 radical (unpaired) electrons. The van der Waals surface area contributed by atoms with Crippen molar-refractivity contribution >= 4 is 12.0 Å². The zero-order chi connectivity index (χ0) is 17.4. The number of nitrogens with one attached hydrogen (secondary N) is 1. The van der Waals surface area contributed by atoms with Crippen molar-refractivity contribution in [2.45, 2.75) is 13.8 Å². The van der Waals surface area contributed by atoms with E-state index in [1.807, 2.05) is 50.2 Å². The Morgan fingerprint density at radius 2 is 1.83 bits per heavy atom. The van der Waals surface area contributed by atoms with Gasteiger partial charge in [0.15, 0.2) is 0 Å². The van der Waals surface area contributed by atoms with Crippen LogP contribution in [0.4, 0.5) is 0 Å². The molecule has 126 valence electrons. The number of carbonyl (C=O) groups excluding carboxylic acids is 1. The van der Waals surface area contributed by atoms with Gasteiger partial charge in [-0.25, -0.2) is 0 Å². The summed E-state index contributed by atoms with van der Waals surface area (Å²) in [4.78, 5) is 11.8. The van der Waals surface area contributed by atoms with Crippen molar-refractivity contribution in [3.8, 4) is 11.5 Å². The van der Waals surface area contributed by atoms with Crippen LogP contribution < -0.4 is 14.8 Å². The molecule has 2 aromatic carbocycles. The molecule has 2 rings (SSSR count). The van der Waals surface area contributed by atoms with Crippen LogP contribution in [-0.2, 0) is 4.79 Å². The first-order valence-electron chi connectivity index (χ1n) is 7.88. The van der Waals surface area contributed by atoms with Gasteiger partial charge in [0.1, 0.15) is 18.1 Å². The lowest BCUT2D eigenvalue weighted by molar-refractivity contribution is -0.116. The van der Waals surface area contributed by atoms with E-state index in [-0.39, 0.29) is 5.91 Å². The van der Waals surface area contributed by atoms with Gasteiger partial charge < -0.3 is 14.8 Å². The molecule has 0 aromatic heterocycles. The minimum absolute atomic E-state index is 0.162. The Kier molecular flexibility index (Phi) is 6.43. The summed E-state index contributed by atoms with van der Waals surface area (Å²) < 4.78 is 10.9. The highest BCUT2D eigenvalue weighted by Gasteiger charge is 2.00. The molecule has 0 aliphatic carbocycles. The molecular weight excluding hydrogens is 302 g/mol. The Balaban J connectivity index is 1.78. The lowest BCUT2D eigenvalue weighted by atomic mass is 10.1. The van der Waals surface area contributed by atoms with Gasteiger partial charge in [-0.1, -0.05) is 24.3 Å². The molecule has 0 fully saturated rings. The van der Waals surface area contributed by atoms with E-state index in [0.29, 0.717) is 13.2 Å². The number of benzene rings is 2. The summed E-state index contributed by atoms with van der Waals surface area (Å²) in [5, 5.41) is 2.80. The van der Waals surface area contributed by atoms with Gasteiger partial charge in [0.05, 0.1) is 13.7 Å². The van der Waals surface area contributed by atoms with Crippen molar-refractivity contribution in [3.05, 3.63) is 65.2 Å². The minimum atomic E-state index is -0.162. The second kappa shape index (κ2) is 8.77. The molecule has 4 nitrogen and oxygen atoms in total. The van der Waals surface area contributed by atoms with Crippen LogP contribution in [0.3, 0.4) is 0 Å². The summed E-state index contributed by atoms with van der Waals surface area (Å²) in [6.07, 6.45) is 3.23. The van der Waals surface area contributed by atoms with E-state index in [1.54, 1.807) is 13.2 Å². The molecule has 0 unspecified atom stereocenters. The maximum absolute atomic E-state index is 11.8. The summed E-state index contributed by atoms with van der Waals surface area (Å²) >= 11 is 0. The van der Waals surface area contributed by atoms with E-state index < -0.39 is 0 Å². The van der Waals surface area contributed by atoms with E-state index in [1.165, 1.54) is 6.08 Å². The smallest absolute Gasteiger partial charge is 0.244 e. The van der Waals surface area contributed by atoms with Crippen LogP contribution in [-0.4, -0.2) is 26.2 Å². The number of hydrogen-bond donors (Lipinski definition) is 1. The average molecular weight is 325 g/mol. The van der Waals surface area contributed by atoms with Gasteiger partial charge in [-0.2, -0.15) is 0 Å². The van der Waals surface area contributed by atoms with Gasteiger partial charge in [0, 0.05) is 11.6 Å². The third-order valence-electron chi connectivity index (χ3n) is 3.42. The largest absolute Gasteiger partial charge is 0.496 e. The van der Waals surface area contributed by atoms with Crippen molar-refractivity contribution < 1.29 is 14.3 Å². The van der Waals surface area contributed by atoms with Gasteiger partial charge in [-0.3, -0.25) is 4.79 Å². The van der Waals surface area contributed by atoms with Gasteiger partial charge in [-0.15, -0.1) is 0 Å². The first kappa shape index (κ1) is 17.6.